The average Bonchev–Trinajstić information content (AvgIpc) is 2.26. The van der Waals surface area contributed by atoms with Gasteiger partial charge in [0, 0.05) is 38.3 Å². The second-order valence-corrected chi connectivity index (χ2v) is 3.39. The number of carbonyl (C=O) groups excluding carboxylic acids is 1. The van der Waals surface area contributed by atoms with Crippen LogP contribution in [0.4, 0.5) is 0 Å². The van der Waals surface area contributed by atoms with Gasteiger partial charge in [0.15, 0.2) is 0 Å². The number of carbonyl (C=O) groups is 1. The van der Waals surface area contributed by atoms with Crippen LogP contribution in [0.2, 0.25) is 0 Å². The molecule has 0 atom stereocenters. The van der Waals surface area contributed by atoms with Crippen LogP contribution < -0.4 is 0 Å². The van der Waals surface area contributed by atoms with Gasteiger partial charge in [0.1, 0.15) is 5.69 Å². The highest BCUT2D eigenvalue weighted by Gasteiger charge is 2.11. The predicted octanol–water partition coefficient (Wildman–Crippen LogP) is 1.51. The van der Waals surface area contributed by atoms with Crippen LogP contribution in [-0.4, -0.2) is 34.7 Å². The highest BCUT2D eigenvalue weighted by atomic mass is 16.1. The number of aromatic nitrogens is 2. The third-order valence-corrected chi connectivity index (χ3v) is 1.88. The lowest BCUT2D eigenvalue weighted by atomic mass is 10.1. The van der Waals surface area contributed by atoms with Gasteiger partial charge in [0.25, 0.3) is 0 Å². The van der Waals surface area contributed by atoms with E-state index in [-0.39, 0.29) is 5.78 Å². The first-order valence-corrected chi connectivity index (χ1v) is 4.83. The topological polar surface area (TPSA) is 46.1 Å². The van der Waals surface area contributed by atoms with Crippen molar-refractivity contribution in [1.82, 2.24) is 14.9 Å². The Morgan fingerprint density at radius 3 is 2.67 bits per heavy atom. The van der Waals surface area contributed by atoms with Crippen molar-refractivity contribution in [2.45, 2.75) is 13.3 Å². The summed E-state index contributed by atoms with van der Waals surface area (Å²) in [6.45, 7) is 1.95. The fraction of sp³-hybridized carbons (Fsp3) is 0.364. The summed E-state index contributed by atoms with van der Waals surface area (Å²) in [5, 5.41) is 0. The Morgan fingerprint density at radius 2 is 2.20 bits per heavy atom. The predicted molar refractivity (Wildman–Crippen MR) is 58.4 cm³/mol. The van der Waals surface area contributed by atoms with E-state index < -0.39 is 0 Å². The molecule has 0 fully saturated rings. The molecule has 4 heteroatoms. The number of allylic oxidation sites excluding steroid dienone is 1. The Bertz CT molecular complexity index is 357. The van der Waals surface area contributed by atoms with Gasteiger partial charge in [-0.2, -0.15) is 0 Å². The largest absolute Gasteiger partial charge is 0.383 e. The van der Waals surface area contributed by atoms with Gasteiger partial charge < -0.3 is 4.90 Å². The zero-order valence-corrected chi connectivity index (χ0v) is 9.27. The van der Waals surface area contributed by atoms with Crippen LogP contribution >= 0.6 is 0 Å². The van der Waals surface area contributed by atoms with E-state index in [0.717, 1.165) is 5.57 Å². The Balaban J connectivity index is 2.93. The third-order valence-electron chi connectivity index (χ3n) is 1.88. The first-order chi connectivity index (χ1) is 7.15. The van der Waals surface area contributed by atoms with Gasteiger partial charge in [-0.15, -0.1) is 0 Å². The molecule has 1 heterocycles. The molecule has 0 saturated heterocycles. The lowest BCUT2D eigenvalue weighted by Gasteiger charge is -2.08. The minimum Gasteiger partial charge on any atom is -0.383 e. The van der Waals surface area contributed by atoms with Crippen LogP contribution in [0.1, 0.15) is 23.8 Å². The minimum atomic E-state index is -0.0562. The van der Waals surface area contributed by atoms with Crippen LogP contribution in [-0.2, 0) is 0 Å². The molecule has 0 aliphatic carbocycles. The van der Waals surface area contributed by atoms with Crippen LogP contribution in [0.5, 0.6) is 0 Å². The number of hydrogen-bond donors (Lipinski definition) is 0. The lowest BCUT2D eigenvalue weighted by molar-refractivity contribution is 0.102. The summed E-state index contributed by atoms with van der Waals surface area (Å²) in [7, 11) is 3.78. The molecule has 0 aliphatic rings. The van der Waals surface area contributed by atoms with E-state index in [1.165, 1.54) is 12.4 Å². The maximum atomic E-state index is 11.9. The van der Waals surface area contributed by atoms with Gasteiger partial charge in [-0.25, -0.2) is 4.98 Å². The van der Waals surface area contributed by atoms with Crippen molar-refractivity contribution >= 4 is 5.78 Å². The fourth-order valence-electron chi connectivity index (χ4n) is 1.20. The lowest BCUT2D eigenvalue weighted by Crippen LogP contribution is -2.10. The van der Waals surface area contributed by atoms with Crippen molar-refractivity contribution in [1.29, 1.82) is 0 Å². The Labute approximate surface area is 89.7 Å². The molecule has 80 valence electrons. The highest BCUT2D eigenvalue weighted by Crippen LogP contribution is 2.08. The van der Waals surface area contributed by atoms with Crippen LogP contribution in [0.15, 0.2) is 30.4 Å². The summed E-state index contributed by atoms with van der Waals surface area (Å²) < 4.78 is 0. The molecular formula is C11H15N3O. The molecule has 0 spiro atoms. The molecule has 0 saturated carbocycles. The summed E-state index contributed by atoms with van der Waals surface area (Å²) in [6, 6.07) is 0. The molecule has 0 bridgehead atoms. The quantitative estimate of drug-likeness (QED) is 0.552. The summed E-state index contributed by atoms with van der Waals surface area (Å²) in [5.41, 5.74) is 1.13. The highest BCUT2D eigenvalue weighted by molar-refractivity contribution is 6.06. The van der Waals surface area contributed by atoms with E-state index >= 15 is 0 Å². The zero-order chi connectivity index (χ0) is 11.3. The van der Waals surface area contributed by atoms with E-state index in [1.54, 1.807) is 6.20 Å². The Hall–Kier alpha value is -1.71. The Kier molecular flexibility index (Phi) is 3.97. The second-order valence-electron chi connectivity index (χ2n) is 3.39. The number of ketones is 1. The molecule has 0 unspecified atom stereocenters. The van der Waals surface area contributed by atoms with Crippen LogP contribution in [0.3, 0.4) is 0 Å². The third kappa shape index (κ3) is 3.16. The standard InChI is InChI=1S/C11H15N3O/c1-4-9(8-14(2)3)11(15)10-7-12-5-6-13-10/h5-8H,4H2,1-3H3. The minimum absolute atomic E-state index is 0.0562. The van der Waals surface area contributed by atoms with Gasteiger partial charge in [-0.1, -0.05) is 6.92 Å². The van der Waals surface area contributed by atoms with Gasteiger partial charge >= 0.3 is 0 Å². The molecule has 0 radical (unpaired) electrons. The van der Waals surface area contributed by atoms with Gasteiger partial charge in [0.05, 0.1) is 6.20 Å². The molecule has 15 heavy (non-hydrogen) atoms. The summed E-state index contributed by atoms with van der Waals surface area (Å²) in [4.78, 5) is 21.6. The van der Waals surface area contributed by atoms with Crippen molar-refractivity contribution < 1.29 is 4.79 Å². The van der Waals surface area contributed by atoms with Crippen molar-refractivity contribution in [2.24, 2.45) is 0 Å². The summed E-state index contributed by atoms with van der Waals surface area (Å²) in [6.07, 6.45) is 7.07. The van der Waals surface area contributed by atoms with Crippen molar-refractivity contribution in [2.75, 3.05) is 14.1 Å². The van der Waals surface area contributed by atoms with Crippen molar-refractivity contribution in [3.05, 3.63) is 36.1 Å². The van der Waals surface area contributed by atoms with E-state index in [1.807, 2.05) is 32.1 Å². The van der Waals surface area contributed by atoms with Crippen LogP contribution in [0, 0.1) is 0 Å². The number of rotatable bonds is 4. The molecule has 1 rings (SSSR count). The van der Waals surface area contributed by atoms with E-state index in [9.17, 15) is 4.79 Å². The molecule has 1 aromatic heterocycles. The molecular weight excluding hydrogens is 190 g/mol. The van der Waals surface area contributed by atoms with Gasteiger partial charge in [-0.3, -0.25) is 9.78 Å². The smallest absolute Gasteiger partial charge is 0.210 e. The van der Waals surface area contributed by atoms with E-state index in [2.05, 4.69) is 9.97 Å². The number of Topliss-reactive ketones (excluding diaryl/α,β-unsaturated/α-hetero) is 1. The summed E-state index contributed by atoms with van der Waals surface area (Å²) in [5.74, 6) is -0.0562. The first kappa shape index (κ1) is 11.4. The maximum Gasteiger partial charge on any atom is 0.210 e. The van der Waals surface area contributed by atoms with Gasteiger partial charge in [0.2, 0.25) is 5.78 Å². The van der Waals surface area contributed by atoms with Crippen molar-refractivity contribution in [3.63, 3.8) is 0 Å². The van der Waals surface area contributed by atoms with E-state index in [0.29, 0.717) is 12.1 Å². The first-order valence-electron chi connectivity index (χ1n) is 4.83. The SMILES string of the molecule is CCC(=CN(C)C)C(=O)c1cnccn1. The normalized spacial score (nSPS) is 11.3. The number of nitrogens with zero attached hydrogens (tertiary/aromatic N) is 3. The fourth-order valence-corrected chi connectivity index (χ4v) is 1.20. The monoisotopic (exact) mass is 205 g/mol. The average molecular weight is 205 g/mol. The summed E-state index contributed by atoms with van der Waals surface area (Å²) >= 11 is 0. The molecule has 0 amide bonds. The Morgan fingerprint density at radius 1 is 1.47 bits per heavy atom. The molecule has 0 aliphatic heterocycles. The van der Waals surface area contributed by atoms with Crippen LogP contribution in [0.25, 0.3) is 0 Å². The molecule has 4 nitrogen and oxygen atoms in total. The molecule has 0 N–H and O–H groups in total. The second kappa shape index (κ2) is 5.24. The number of hydrogen-bond acceptors (Lipinski definition) is 4. The van der Waals surface area contributed by atoms with Crippen molar-refractivity contribution in [3.8, 4) is 0 Å². The maximum absolute atomic E-state index is 11.9. The van der Waals surface area contributed by atoms with E-state index in [4.69, 9.17) is 0 Å². The molecule has 1 aromatic rings. The van der Waals surface area contributed by atoms with Gasteiger partial charge in [-0.05, 0) is 6.42 Å². The zero-order valence-electron chi connectivity index (χ0n) is 9.27. The molecule has 0 aromatic carbocycles.